The average molecular weight is 300 g/mol. The molecule has 5 heteroatoms. The molecule has 0 atom stereocenters. The quantitative estimate of drug-likeness (QED) is 0.928. The van der Waals surface area contributed by atoms with Crippen LogP contribution in [-0.2, 0) is 6.54 Å². The van der Waals surface area contributed by atoms with Crippen molar-refractivity contribution in [2.75, 3.05) is 5.32 Å². The van der Waals surface area contributed by atoms with E-state index in [-0.39, 0.29) is 0 Å². The molecule has 16 heavy (non-hydrogen) atoms. The molecule has 0 aliphatic rings. The molecule has 0 amide bonds. The zero-order chi connectivity index (χ0) is 11.5. The Kier molecular flexibility index (Phi) is 3.66. The lowest BCUT2D eigenvalue weighted by molar-refractivity contribution is 0.532. The predicted octanol–water partition coefficient (Wildman–Crippen LogP) is 3.90. The van der Waals surface area contributed by atoms with E-state index in [9.17, 15) is 0 Å². The van der Waals surface area contributed by atoms with Gasteiger partial charge < -0.3 is 5.32 Å². The predicted molar refractivity (Wildman–Crippen MR) is 72.0 cm³/mol. The van der Waals surface area contributed by atoms with Crippen LogP contribution < -0.4 is 5.32 Å². The summed E-state index contributed by atoms with van der Waals surface area (Å²) in [5.41, 5.74) is 1.06. The van der Waals surface area contributed by atoms with E-state index >= 15 is 0 Å². The van der Waals surface area contributed by atoms with Crippen molar-refractivity contribution in [1.29, 1.82) is 0 Å². The molecular formula is C11H14BrN3S. The van der Waals surface area contributed by atoms with Crippen molar-refractivity contribution in [2.24, 2.45) is 0 Å². The summed E-state index contributed by atoms with van der Waals surface area (Å²) in [5.74, 6) is 0. The number of thiophene rings is 1. The van der Waals surface area contributed by atoms with E-state index in [4.69, 9.17) is 0 Å². The van der Waals surface area contributed by atoms with Crippen LogP contribution in [0.25, 0.3) is 0 Å². The van der Waals surface area contributed by atoms with Gasteiger partial charge in [0.2, 0.25) is 0 Å². The molecule has 2 heterocycles. The number of rotatable bonds is 4. The molecule has 0 spiro atoms. The molecule has 0 fully saturated rings. The standard InChI is InChI=1S/C11H14BrN3S/c1-8(2)15-7-9(5-14-15)13-6-11-10(12)3-4-16-11/h3-5,7-8,13H,6H2,1-2H3. The Morgan fingerprint density at radius 1 is 1.56 bits per heavy atom. The third kappa shape index (κ3) is 2.65. The first-order valence-corrected chi connectivity index (χ1v) is 6.84. The molecule has 2 rings (SSSR count). The third-order valence-corrected chi connectivity index (χ3v) is 4.20. The molecule has 86 valence electrons. The van der Waals surface area contributed by atoms with E-state index < -0.39 is 0 Å². The van der Waals surface area contributed by atoms with Crippen LogP contribution >= 0.6 is 27.3 Å². The fourth-order valence-electron chi connectivity index (χ4n) is 1.35. The van der Waals surface area contributed by atoms with Crippen LogP contribution in [-0.4, -0.2) is 9.78 Å². The van der Waals surface area contributed by atoms with Crippen LogP contribution in [0, 0.1) is 0 Å². The number of hydrogen-bond donors (Lipinski definition) is 1. The third-order valence-electron chi connectivity index (χ3n) is 2.27. The van der Waals surface area contributed by atoms with Crippen LogP contribution in [0.4, 0.5) is 5.69 Å². The topological polar surface area (TPSA) is 29.9 Å². The van der Waals surface area contributed by atoms with E-state index in [1.54, 1.807) is 11.3 Å². The van der Waals surface area contributed by atoms with Crippen LogP contribution in [0.5, 0.6) is 0 Å². The molecule has 0 saturated heterocycles. The van der Waals surface area contributed by atoms with Gasteiger partial charge in [-0.05, 0) is 41.2 Å². The molecule has 3 nitrogen and oxygen atoms in total. The van der Waals surface area contributed by atoms with E-state index in [0.29, 0.717) is 6.04 Å². The summed E-state index contributed by atoms with van der Waals surface area (Å²) in [6.07, 6.45) is 3.90. The summed E-state index contributed by atoms with van der Waals surface area (Å²) in [5, 5.41) is 9.73. The maximum absolute atomic E-state index is 4.28. The second kappa shape index (κ2) is 5.01. The van der Waals surface area contributed by atoms with Gasteiger partial charge in [0.1, 0.15) is 0 Å². The molecule has 0 unspecified atom stereocenters. The molecule has 2 aromatic rings. The summed E-state index contributed by atoms with van der Waals surface area (Å²) in [4.78, 5) is 1.30. The molecule has 0 aromatic carbocycles. The number of nitrogens with zero attached hydrogens (tertiary/aromatic N) is 2. The normalized spacial score (nSPS) is 11.0. The Morgan fingerprint density at radius 2 is 2.38 bits per heavy atom. The van der Waals surface area contributed by atoms with Gasteiger partial charge >= 0.3 is 0 Å². The van der Waals surface area contributed by atoms with Gasteiger partial charge in [-0.15, -0.1) is 11.3 Å². The Labute approximate surface area is 108 Å². The zero-order valence-corrected chi connectivity index (χ0v) is 11.7. The van der Waals surface area contributed by atoms with Crippen LogP contribution in [0.2, 0.25) is 0 Å². The lowest BCUT2D eigenvalue weighted by atomic mass is 10.4. The molecule has 1 N–H and O–H groups in total. The highest BCUT2D eigenvalue weighted by Crippen LogP contribution is 2.23. The van der Waals surface area contributed by atoms with Crippen LogP contribution in [0.3, 0.4) is 0 Å². The first-order valence-electron chi connectivity index (χ1n) is 5.16. The average Bonchev–Trinajstić information content (AvgIpc) is 2.83. The Hall–Kier alpha value is -0.810. The maximum atomic E-state index is 4.28. The van der Waals surface area contributed by atoms with Crippen LogP contribution in [0.15, 0.2) is 28.3 Å². The molecule has 2 aromatic heterocycles. The Bertz CT molecular complexity index is 461. The summed E-state index contributed by atoms with van der Waals surface area (Å²) in [6, 6.07) is 2.48. The summed E-state index contributed by atoms with van der Waals surface area (Å²) in [7, 11) is 0. The Morgan fingerprint density at radius 3 is 2.94 bits per heavy atom. The number of hydrogen-bond acceptors (Lipinski definition) is 3. The monoisotopic (exact) mass is 299 g/mol. The van der Waals surface area contributed by atoms with Gasteiger partial charge in [-0.1, -0.05) is 0 Å². The van der Waals surface area contributed by atoms with Crippen molar-refractivity contribution in [2.45, 2.75) is 26.4 Å². The van der Waals surface area contributed by atoms with Crippen molar-refractivity contribution in [1.82, 2.24) is 9.78 Å². The van der Waals surface area contributed by atoms with Crippen molar-refractivity contribution >= 4 is 33.0 Å². The number of aromatic nitrogens is 2. The molecule has 0 saturated carbocycles. The van der Waals surface area contributed by atoms with E-state index in [0.717, 1.165) is 12.2 Å². The van der Waals surface area contributed by atoms with Crippen LogP contribution in [0.1, 0.15) is 24.8 Å². The van der Waals surface area contributed by atoms with E-state index in [1.807, 2.05) is 17.1 Å². The van der Waals surface area contributed by atoms with Crippen molar-refractivity contribution < 1.29 is 0 Å². The molecule has 0 aliphatic heterocycles. The molecule has 0 radical (unpaired) electrons. The first kappa shape index (κ1) is 11.7. The number of halogens is 1. The number of nitrogens with one attached hydrogen (secondary N) is 1. The Balaban J connectivity index is 1.97. The van der Waals surface area contributed by atoms with Crippen molar-refractivity contribution in [3.63, 3.8) is 0 Å². The SMILES string of the molecule is CC(C)n1cc(NCc2sccc2Br)cn1. The van der Waals surface area contributed by atoms with Gasteiger partial charge in [0.05, 0.1) is 18.4 Å². The minimum Gasteiger partial charge on any atom is -0.378 e. The van der Waals surface area contributed by atoms with Gasteiger partial charge in [-0.25, -0.2) is 0 Å². The summed E-state index contributed by atoms with van der Waals surface area (Å²) < 4.78 is 3.12. The smallest absolute Gasteiger partial charge is 0.0729 e. The van der Waals surface area contributed by atoms with Gasteiger partial charge in [0, 0.05) is 21.6 Å². The number of anilines is 1. The molecule has 0 bridgehead atoms. The largest absolute Gasteiger partial charge is 0.378 e. The highest BCUT2D eigenvalue weighted by Gasteiger charge is 2.03. The highest BCUT2D eigenvalue weighted by molar-refractivity contribution is 9.10. The lowest BCUT2D eigenvalue weighted by Gasteiger charge is -2.04. The summed E-state index contributed by atoms with van der Waals surface area (Å²) >= 11 is 5.26. The fourth-order valence-corrected chi connectivity index (χ4v) is 2.78. The van der Waals surface area contributed by atoms with Gasteiger partial charge in [-0.3, -0.25) is 4.68 Å². The van der Waals surface area contributed by atoms with E-state index in [2.05, 4.69) is 51.6 Å². The van der Waals surface area contributed by atoms with E-state index in [1.165, 1.54) is 9.35 Å². The molecular weight excluding hydrogens is 286 g/mol. The summed E-state index contributed by atoms with van der Waals surface area (Å²) in [6.45, 7) is 5.07. The first-order chi connectivity index (χ1) is 7.66. The minimum atomic E-state index is 0.407. The van der Waals surface area contributed by atoms with Crippen molar-refractivity contribution in [3.05, 3.63) is 33.2 Å². The van der Waals surface area contributed by atoms with Crippen molar-refractivity contribution in [3.8, 4) is 0 Å². The second-order valence-electron chi connectivity index (χ2n) is 3.85. The lowest BCUT2D eigenvalue weighted by Crippen LogP contribution is -2.00. The highest BCUT2D eigenvalue weighted by atomic mass is 79.9. The van der Waals surface area contributed by atoms with Gasteiger partial charge in [0.15, 0.2) is 0 Å². The molecule has 0 aliphatic carbocycles. The zero-order valence-electron chi connectivity index (χ0n) is 9.27. The fraction of sp³-hybridized carbons (Fsp3) is 0.364. The minimum absolute atomic E-state index is 0.407. The maximum Gasteiger partial charge on any atom is 0.0729 e. The van der Waals surface area contributed by atoms with Gasteiger partial charge in [-0.2, -0.15) is 5.10 Å². The van der Waals surface area contributed by atoms with Gasteiger partial charge in [0.25, 0.3) is 0 Å². The second-order valence-corrected chi connectivity index (χ2v) is 5.70.